The largest absolute Gasteiger partial charge is 0.443 e. The number of imide groups is 1. The van der Waals surface area contributed by atoms with Gasteiger partial charge in [0.25, 0.3) is 5.95 Å². The molecule has 5 aromatic rings. The molecule has 228 valence electrons. The summed E-state index contributed by atoms with van der Waals surface area (Å²) < 4.78 is 27.5. The van der Waals surface area contributed by atoms with Crippen LogP contribution >= 0.6 is 0 Å². The fourth-order valence-corrected chi connectivity index (χ4v) is 4.34. The van der Waals surface area contributed by atoms with E-state index in [4.69, 9.17) is 9.47 Å². The van der Waals surface area contributed by atoms with Crippen molar-refractivity contribution in [3.63, 3.8) is 0 Å². The van der Waals surface area contributed by atoms with Crippen molar-refractivity contribution >= 4 is 23.8 Å². The average Bonchev–Trinajstić information content (AvgIpc) is 3.58. The van der Waals surface area contributed by atoms with E-state index < -0.39 is 23.4 Å². The predicted octanol–water partition coefficient (Wildman–Crippen LogP) is 7.08. The summed E-state index contributed by atoms with van der Waals surface area (Å²) in [6, 6.07) is 13.7. The lowest BCUT2D eigenvalue weighted by atomic mass is 10.1. The number of carbonyl (C=O) groups is 2. The lowest BCUT2D eigenvalue weighted by Crippen LogP contribution is -2.44. The number of hydrogen-bond acceptors (Lipinski definition) is 8. The molecule has 0 radical (unpaired) electrons. The molecule has 5 rings (SSSR count). The van der Waals surface area contributed by atoms with Crippen LogP contribution in [0.4, 0.5) is 19.9 Å². The molecule has 0 N–H and O–H groups in total. The van der Waals surface area contributed by atoms with Gasteiger partial charge in [-0.2, -0.15) is 10.1 Å². The van der Waals surface area contributed by atoms with E-state index in [1.54, 1.807) is 78.3 Å². The summed E-state index contributed by atoms with van der Waals surface area (Å²) >= 11 is 0. The molecular weight excluding hydrogens is 565 g/mol. The van der Waals surface area contributed by atoms with Crippen molar-refractivity contribution in [3.8, 4) is 22.4 Å². The minimum absolute atomic E-state index is 0.0869. The van der Waals surface area contributed by atoms with Gasteiger partial charge in [-0.3, -0.25) is 9.67 Å². The quantitative estimate of drug-likeness (QED) is 0.210. The number of aromatic nitrogens is 6. The second-order valence-corrected chi connectivity index (χ2v) is 12.3. The maximum absolute atomic E-state index is 13.4. The van der Waals surface area contributed by atoms with Gasteiger partial charge in [-0.05, 0) is 96.0 Å². The zero-order valence-corrected chi connectivity index (χ0v) is 25.6. The monoisotopic (exact) mass is 599 g/mol. The molecule has 0 saturated carbocycles. The third-order valence-corrected chi connectivity index (χ3v) is 6.42. The van der Waals surface area contributed by atoms with Crippen LogP contribution in [0.5, 0.6) is 0 Å². The van der Waals surface area contributed by atoms with Gasteiger partial charge in [0.05, 0.1) is 17.9 Å². The van der Waals surface area contributed by atoms with E-state index in [2.05, 4.69) is 20.2 Å². The van der Waals surface area contributed by atoms with Crippen molar-refractivity contribution in [3.05, 3.63) is 84.7 Å². The minimum atomic E-state index is -0.952. The van der Waals surface area contributed by atoms with E-state index in [-0.39, 0.29) is 17.8 Å². The molecule has 1 aromatic carbocycles. The molecule has 1 unspecified atom stereocenters. The number of ether oxygens (including phenoxy) is 2. The predicted molar refractivity (Wildman–Crippen MR) is 163 cm³/mol. The van der Waals surface area contributed by atoms with Gasteiger partial charge >= 0.3 is 12.2 Å². The third kappa shape index (κ3) is 6.91. The average molecular weight is 600 g/mol. The van der Waals surface area contributed by atoms with E-state index in [1.807, 2.05) is 36.0 Å². The molecule has 4 heterocycles. The molecule has 0 saturated heterocycles. The van der Waals surface area contributed by atoms with Crippen LogP contribution in [-0.2, 0) is 9.47 Å². The maximum Gasteiger partial charge on any atom is 0.427 e. The highest BCUT2D eigenvalue weighted by Gasteiger charge is 2.35. The first-order valence-corrected chi connectivity index (χ1v) is 14.1. The summed E-state index contributed by atoms with van der Waals surface area (Å²) in [5, 5.41) is 8.87. The molecule has 0 bridgehead atoms. The Morgan fingerprint density at radius 3 is 2.18 bits per heavy atom. The van der Waals surface area contributed by atoms with E-state index in [1.165, 1.54) is 16.6 Å². The first kappa shape index (κ1) is 30.3. The van der Waals surface area contributed by atoms with Gasteiger partial charge in [-0.25, -0.2) is 18.5 Å². The summed E-state index contributed by atoms with van der Waals surface area (Å²) in [4.78, 5) is 35.8. The summed E-state index contributed by atoms with van der Waals surface area (Å²) in [5.41, 5.74) is 2.79. The molecule has 0 aliphatic carbocycles. The van der Waals surface area contributed by atoms with Crippen LogP contribution < -0.4 is 4.90 Å². The lowest BCUT2D eigenvalue weighted by molar-refractivity contribution is 0.0427. The molecule has 0 fully saturated rings. The fraction of sp³-hybridized carbons (Fsp3) is 0.312. The summed E-state index contributed by atoms with van der Waals surface area (Å²) in [5.74, 6) is -0.467. The number of anilines is 1. The Labute approximate surface area is 254 Å². The number of rotatable bonds is 5. The zero-order chi connectivity index (χ0) is 31.8. The fourth-order valence-electron chi connectivity index (χ4n) is 4.34. The van der Waals surface area contributed by atoms with Gasteiger partial charge in [0, 0.05) is 29.7 Å². The summed E-state index contributed by atoms with van der Waals surface area (Å²) in [7, 11) is 0. The summed E-state index contributed by atoms with van der Waals surface area (Å²) in [6.45, 7) is 12.2. The molecular formula is C32H34FN7O4. The molecule has 2 amide bonds. The van der Waals surface area contributed by atoms with E-state index in [0.717, 1.165) is 22.3 Å². The minimum Gasteiger partial charge on any atom is -0.443 e. The van der Waals surface area contributed by atoms with Crippen LogP contribution in [0.1, 0.15) is 60.1 Å². The van der Waals surface area contributed by atoms with Crippen LogP contribution in [0.25, 0.3) is 28.0 Å². The second-order valence-electron chi connectivity index (χ2n) is 12.3. The van der Waals surface area contributed by atoms with Crippen molar-refractivity contribution < 1.29 is 23.5 Å². The molecule has 1 atom stereocenters. The van der Waals surface area contributed by atoms with Gasteiger partial charge in [0.15, 0.2) is 5.65 Å². The Hall–Kier alpha value is -5.13. The molecule has 11 nitrogen and oxygen atoms in total. The zero-order valence-electron chi connectivity index (χ0n) is 25.6. The highest BCUT2D eigenvalue weighted by atomic mass is 19.1. The molecule has 4 aromatic heterocycles. The van der Waals surface area contributed by atoms with Crippen molar-refractivity contribution in [2.45, 2.75) is 65.7 Å². The Bertz CT molecular complexity index is 1790. The molecule has 0 spiro atoms. The van der Waals surface area contributed by atoms with Gasteiger partial charge in [-0.1, -0.05) is 12.1 Å². The van der Waals surface area contributed by atoms with Crippen LogP contribution in [0, 0.1) is 5.82 Å². The standard InChI is InChI=1S/C32H34FN7O4/c1-20(21-8-10-25(33)11-9-21)39-19-24(18-35-39)22-12-14-34-26(16-22)23-13-15-38-27(17-23)36-28(37-38)40(29(41)43-31(2,3)4)30(42)44-32(5,6)7/h8-20H,1-7H3. The van der Waals surface area contributed by atoms with Crippen LogP contribution in [-0.4, -0.2) is 52.8 Å². The lowest BCUT2D eigenvalue weighted by Gasteiger charge is -2.26. The maximum atomic E-state index is 13.4. The van der Waals surface area contributed by atoms with Crippen molar-refractivity contribution in [2.24, 2.45) is 0 Å². The van der Waals surface area contributed by atoms with Crippen LogP contribution in [0.3, 0.4) is 0 Å². The highest BCUT2D eigenvalue weighted by molar-refractivity contribution is 6.08. The van der Waals surface area contributed by atoms with Gasteiger partial charge in [-0.15, -0.1) is 10.00 Å². The Morgan fingerprint density at radius 1 is 0.886 bits per heavy atom. The second kappa shape index (κ2) is 11.5. The Kier molecular flexibility index (Phi) is 7.94. The van der Waals surface area contributed by atoms with Gasteiger partial charge in [0.1, 0.15) is 17.0 Å². The molecule has 44 heavy (non-hydrogen) atoms. The van der Waals surface area contributed by atoms with Gasteiger partial charge < -0.3 is 9.47 Å². The first-order valence-electron chi connectivity index (χ1n) is 14.1. The number of nitrogens with zero attached hydrogens (tertiary/aromatic N) is 7. The topological polar surface area (TPSA) is 117 Å². The van der Waals surface area contributed by atoms with Crippen molar-refractivity contribution in [2.75, 3.05) is 4.90 Å². The Morgan fingerprint density at radius 2 is 1.55 bits per heavy atom. The van der Waals surface area contributed by atoms with Gasteiger partial charge in [0.2, 0.25) is 0 Å². The third-order valence-electron chi connectivity index (χ3n) is 6.42. The molecule has 12 heteroatoms. The summed E-state index contributed by atoms with van der Waals surface area (Å²) in [6.07, 6.45) is 5.17. The van der Waals surface area contributed by atoms with Crippen LogP contribution in [0.2, 0.25) is 0 Å². The van der Waals surface area contributed by atoms with E-state index >= 15 is 0 Å². The Balaban J connectivity index is 1.43. The van der Waals surface area contributed by atoms with E-state index in [9.17, 15) is 14.0 Å². The first-order chi connectivity index (χ1) is 20.7. The number of carbonyl (C=O) groups excluding carboxylic acids is 2. The molecule has 0 aliphatic rings. The number of halogens is 1. The normalized spacial score (nSPS) is 12.6. The van der Waals surface area contributed by atoms with E-state index in [0.29, 0.717) is 16.2 Å². The SMILES string of the molecule is CC(c1ccc(F)cc1)n1cc(-c2ccnc(-c3ccn4nc(N(C(=O)OC(C)(C)C)C(=O)OC(C)(C)C)nc4c3)c2)cn1. The number of pyridine rings is 2. The van der Waals surface area contributed by atoms with Crippen molar-refractivity contribution in [1.82, 2.24) is 29.4 Å². The van der Waals surface area contributed by atoms with Crippen LogP contribution in [0.15, 0.2) is 73.3 Å². The number of amides is 2. The highest BCUT2D eigenvalue weighted by Crippen LogP contribution is 2.28. The molecule has 0 aliphatic heterocycles. The number of hydrogen-bond donors (Lipinski definition) is 0. The smallest absolute Gasteiger partial charge is 0.427 e. The van der Waals surface area contributed by atoms with Crippen molar-refractivity contribution in [1.29, 1.82) is 0 Å². The number of benzene rings is 1. The number of fused-ring (bicyclic) bond motifs is 1.